The van der Waals surface area contributed by atoms with Gasteiger partial charge in [0, 0.05) is 0 Å². The molecule has 73 valence electrons. The molecule has 0 amide bonds. The van der Waals surface area contributed by atoms with Gasteiger partial charge in [-0.1, -0.05) is 56.7 Å². The Balaban J connectivity index is 3.17. The zero-order chi connectivity index (χ0) is 9.78. The van der Waals surface area contributed by atoms with Crippen molar-refractivity contribution in [2.75, 3.05) is 0 Å². The molecule has 0 atom stereocenters. The topological polar surface area (TPSA) is 0 Å². The summed E-state index contributed by atoms with van der Waals surface area (Å²) in [6.45, 7) is 7.47. The summed E-state index contributed by atoms with van der Waals surface area (Å²) in [6.07, 6.45) is 17.5. The van der Waals surface area contributed by atoms with E-state index in [9.17, 15) is 0 Å². The first-order valence-corrected chi connectivity index (χ1v) is 5.25. The highest BCUT2D eigenvalue weighted by atomic mass is 13.8. The van der Waals surface area contributed by atoms with E-state index < -0.39 is 0 Å². The summed E-state index contributed by atoms with van der Waals surface area (Å²) in [7, 11) is 0. The number of rotatable bonds is 8. The van der Waals surface area contributed by atoms with Crippen LogP contribution in [0.4, 0.5) is 0 Å². The molecule has 0 aliphatic rings. The Morgan fingerprint density at radius 3 is 2.23 bits per heavy atom. The maximum absolute atomic E-state index is 5.25. The molecule has 1 radical (unpaired) electrons. The fourth-order valence-corrected chi connectivity index (χ4v) is 1.02. The fraction of sp³-hybridized carbons (Fsp3) is 0.538. The molecule has 0 unspecified atom stereocenters. The highest BCUT2D eigenvalue weighted by molar-refractivity contribution is 4.93. The molecule has 0 aromatic carbocycles. The fourth-order valence-electron chi connectivity index (χ4n) is 1.02. The van der Waals surface area contributed by atoms with E-state index in [2.05, 4.69) is 31.2 Å². The van der Waals surface area contributed by atoms with Crippen LogP contribution in [0.2, 0.25) is 0 Å². The second kappa shape index (κ2) is 11.2. The van der Waals surface area contributed by atoms with Gasteiger partial charge in [0.15, 0.2) is 0 Å². The van der Waals surface area contributed by atoms with E-state index in [-0.39, 0.29) is 0 Å². The predicted molar refractivity (Wildman–Crippen MR) is 60.5 cm³/mol. The predicted octanol–water partition coefficient (Wildman–Crippen LogP) is 4.45. The van der Waals surface area contributed by atoms with Crippen molar-refractivity contribution in [2.24, 2.45) is 0 Å². The zero-order valence-electron chi connectivity index (χ0n) is 8.71. The van der Waals surface area contributed by atoms with Gasteiger partial charge in [-0.05, 0) is 25.7 Å². The lowest BCUT2D eigenvalue weighted by Gasteiger charge is -1.87. The molecule has 0 saturated carbocycles. The smallest absolute Gasteiger partial charge is 0.0169 e. The van der Waals surface area contributed by atoms with Gasteiger partial charge in [-0.2, -0.15) is 0 Å². The molecule has 0 rings (SSSR count). The van der Waals surface area contributed by atoms with Crippen molar-refractivity contribution in [3.63, 3.8) is 0 Å². The molecule has 0 nitrogen and oxygen atoms in total. The van der Waals surface area contributed by atoms with Crippen molar-refractivity contribution >= 4 is 0 Å². The van der Waals surface area contributed by atoms with Crippen LogP contribution in [0.25, 0.3) is 0 Å². The first-order chi connectivity index (χ1) is 6.41. The van der Waals surface area contributed by atoms with Gasteiger partial charge in [0.05, 0.1) is 0 Å². The standard InChI is InChI=1S/C13H21/c1-3-5-7-9-11-13-12-10-8-6-4-2/h1,3,9-12H,4-8,13H2,2H3. The zero-order valence-corrected chi connectivity index (χ0v) is 8.71. The molecule has 0 heteroatoms. The second-order valence-electron chi connectivity index (χ2n) is 3.13. The molecule has 13 heavy (non-hydrogen) atoms. The third-order valence-corrected chi connectivity index (χ3v) is 1.83. The van der Waals surface area contributed by atoms with Gasteiger partial charge in [-0.25, -0.2) is 0 Å². The molecule has 0 aromatic heterocycles. The van der Waals surface area contributed by atoms with E-state index in [1.807, 2.05) is 0 Å². The van der Waals surface area contributed by atoms with Gasteiger partial charge < -0.3 is 0 Å². The lowest BCUT2D eigenvalue weighted by molar-refractivity contribution is 0.813. The molecular formula is C13H21. The monoisotopic (exact) mass is 177 g/mol. The SMILES string of the molecule is [CH]=CCCC=CCC=CCCCC. The highest BCUT2D eigenvalue weighted by Crippen LogP contribution is 1.97. The molecule has 0 aromatic rings. The van der Waals surface area contributed by atoms with Crippen LogP contribution >= 0.6 is 0 Å². The minimum absolute atomic E-state index is 0.982. The Hall–Kier alpha value is -0.780. The van der Waals surface area contributed by atoms with Gasteiger partial charge >= 0.3 is 0 Å². The van der Waals surface area contributed by atoms with E-state index in [0.29, 0.717) is 0 Å². The van der Waals surface area contributed by atoms with Crippen LogP contribution in [-0.2, 0) is 0 Å². The van der Waals surface area contributed by atoms with Gasteiger partial charge in [0.1, 0.15) is 0 Å². The van der Waals surface area contributed by atoms with E-state index in [0.717, 1.165) is 19.3 Å². The van der Waals surface area contributed by atoms with Crippen LogP contribution in [-0.4, -0.2) is 0 Å². The third kappa shape index (κ3) is 11.2. The largest absolute Gasteiger partial charge is 0.0882 e. The Morgan fingerprint density at radius 2 is 1.62 bits per heavy atom. The van der Waals surface area contributed by atoms with Crippen LogP contribution in [0.3, 0.4) is 0 Å². The van der Waals surface area contributed by atoms with Gasteiger partial charge in [-0.15, -0.1) is 0 Å². The summed E-state index contributed by atoms with van der Waals surface area (Å²) in [5.41, 5.74) is 0. The molecule has 0 heterocycles. The van der Waals surface area contributed by atoms with E-state index in [4.69, 9.17) is 6.58 Å². The van der Waals surface area contributed by atoms with Crippen molar-refractivity contribution in [3.05, 3.63) is 37.0 Å². The lowest BCUT2D eigenvalue weighted by Crippen LogP contribution is -1.67. The lowest BCUT2D eigenvalue weighted by atomic mass is 10.2. The van der Waals surface area contributed by atoms with Gasteiger partial charge in [0.2, 0.25) is 0 Å². The minimum atomic E-state index is 0.982. The van der Waals surface area contributed by atoms with Crippen molar-refractivity contribution in [1.29, 1.82) is 0 Å². The summed E-state index contributed by atoms with van der Waals surface area (Å²) in [5, 5.41) is 0. The van der Waals surface area contributed by atoms with Crippen LogP contribution in [0.5, 0.6) is 0 Å². The molecule has 0 aliphatic heterocycles. The Morgan fingerprint density at radius 1 is 0.923 bits per heavy atom. The maximum Gasteiger partial charge on any atom is -0.0169 e. The first-order valence-electron chi connectivity index (χ1n) is 5.25. The minimum Gasteiger partial charge on any atom is -0.0882 e. The summed E-state index contributed by atoms with van der Waals surface area (Å²) in [5.74, 6) is 0. The van der Waals surface area contributed by atoms with Crippen LogP contribution < -0.4 is 0 Å². The van der Waals surface area contributed by atoms with Crippen molar-refractivity contribution in [2.45, 2.75) is 45.4 Å². The molecule has 0 saturated heterocycles. The number of hydrogen-bond acceptors (Lipinski definition) is 0. The molecule has 0 N–H and O–H groups in total. The average Bonchev–Trinajstić information content (AvgIpc) is 2.16. The van der Waals surface area contributed by atoms with Crippen molar-refractivity contribution in [1.82, 2.24) is 0 Å². The molecule has 0 aliphatic carbocycles. The second-order valence-corrected chi connectivity index (χ2v) is 3.13. The van der Waals surface area contributed by atoms with E-state index >= 15 is 0 Å². The average molecular weight is 177 g/mol. The molecule has 0 spiro atoms. The Kier molecular flexibility index (Phi) is 10.5. The maximum atomic E-state index is 5.25. The van der Waals surface area contributed by atoms with Gasteiger partial charge in [0.25, 0.3) is 0 Å². The first kappa shape index (κ1) is 12.2. The molecule has 0 fully saturated rings. The van der Waals surface area contributed by atoms with E-state index in [1.54, 1.807) is 6.08 Å². The highest BCUT2D eigenvalue weighted by Gasteiger charge is 1.77. The van der Waals surface area contributed by atoms with Gasteiger partial charge in [-0.3, -0.25) is 0 Å². The summed E-state index contributed by atoms with van der Waals surface area (Å²) >= 11 is 0. The number of hydrogen-bond donors (Lipinski definition) is 0. The number of allylic oxidation sites excluding steroid dienone is 5. The van der Waals surface area contributed by atoms with E-state index in [1.165, 1.54) is 19.3 Å². The number of unbranched alkanes of at least 4 members (excludes halogenated alkanes) is 3. The van der Waals surface area contributed by atoms with Crippen molar-refractivity contribution < 1.29 is 0 Å². The quantitative estimate of drug-likeness (QED) is 0.379. The van der Waals surface area contributed by atoms with Crippen LogP contribution in [0.15, 0.2) is 30.4 Å². The third-order valence-electron chi connectivity index (χ3n) is 1.83. The van der Waals surface area contributed by atoms with Crippen LogP contribution in [0, 0.1) is 6.58 Å². The molecular weight excluding hydrogens is 156 g/mol. The summed E-state index contributed by atoms with van der Waals surface area (Å²) in [4.78, 5) is 0. The normalized spacial score (nSPS) is 11.5. The Bertz CT molecular complexity index is 151. The Labute approximate surface area is 83.0 Å². The van der Waals surface area contributed by atoms with Crippen molar-refractivity contribution in [3.8, 4) is 0 Å². The summed E-state index contributed by atoms with van der Waals surface area (Å²) < 4.78 is 0. The molecule has 0 bridgehead atoms. The summed E-state index contributed by atoms with van der Waals surface area (Å²) in [6, 6.07) is 0. The van der Waals surface area contributed by atoms with Crippen LogP contribution in [0.1, 0.15) is 45.4 Å².